The molecule has 0 aliphatic carbocycles. The zero-order valence-corrected chi connectivity index (χ0v) is 27.1. The van der Waals surface area contributed by atoms with Gasteiger partial charge in [0.25, 0.3) is 0 Å². The Bertz CT molecular complexity index is 3060. The Morgan fingerprint density at radius 3 is 1.73 bits per heavy atom. The lowest BCUT2D eigenvalue weighted by molar-refractivity contribution is 0.669. The number of furan rings is 1. The second-order valence-corrected chi connectivity index (χ2v) is 12.7. The molecule has 51 heavy (non-hydrogen) atoms. The first-order valence-electron chi connectivity index (χ1n) is 16.9. The van der Waals surface area contributed by atoms with Crippen LogP contribution in [0.5, 0.6) is 0 Å². The van der Waals surface area contributed by atoms with Crippen LogP contribution in [0.4, 0.5) is 0 Å². The average molecular weight is 655 g/mol. The maximum atomic E-state index is 6.31. The molecule has 0 saturated heterocycles. The van der Waals surface area contributed by atoms with Crippen molar-refractivity contribution in [1.82, 2.24) is 29.1 Å². The summed E-state index contributed by atoms with van der Waals surface area (Å²) in [6, 6.07) is 49.9. The molecule has 11 rings (SSSR count). The van der Waals surface area contributed by atoms with Crippen LogP contribution in [0.1, 0.15) is 0 Å². The number of nitrogens with zero attached hydrogens (tertiary/aromatic N) is 6. The molecule has 238 valence electrons. The molecule has 0 N–H and O–H groups in total. The van der Waals surface area contributed by atoms with Crippen LogP contribution < -0.4 is 0 Å². The normalized spacial score (nSPS) is 11.9. The van der Waals surface area contributed by atoms with Crippen molar-refractivity contribution in [3.05, 3.63) is 158 Å². The largest absolute Gasteiger partial charge is 0.456 e. The summed E-state index contributed by atoms with van der Waals surface area (Å²) in [7, 11) is 0. The van der Waals surface area contributed by atoms with Crippen molar-refractivity contribution in [3.63, 3.8) is 0 Å². The molecule has 0 aliphatic heterocycles. The van der Waals surface area contributed by atoms with E-state index in [2.05, 4.69) is 123 Å². The van der Waals surface area contributed by atoms with Gasteiger partial charge >= 0.3 is 0 Å². The summed E-state index contributed by atoms with van der Waals surface area (Å²) in [4.78, 5) is 20.4. The van der Waals surface area contributed by atoms with Crippen molar-refractivity contribution in [3.8, 4) is 34.4 Å². The second-order valence-electron chi connectivity index (χ2n) is 12.7. The van der Waals surface area contributed by atoms with Crippen LogP contribution in [-0.2, 0) is 0 Å². The van der Waals surface area contributed by atoms with E-state index < -0.39 is 0 Å². The topological polar surface area (TPSA) is 74.6 Å². The van der Waals surface area contributed by atoms with Gasteiger partial charge in [-0.1, -0.05) is 97.1 Å². The highest BCUT2D eigenvalue weighted by molar-refractivity contribution is 6.12. The van der Waals surface area contributed by atoms with E-state index in [0.717, 1.165) is 82.4 Å². The lowest BCUT2D eigenvalue weighted by atomic mass is 10.1. The van der Waals surface area contributed by atoms with Crippen LogP contribution in [0.2, 0.25) is 0 Å². The summed E-state index contributed by atoms with van der Waals surface area (Å²) in [6.07, 6.45) is 3.78. The zero-order valence-electron chi connectivity index (χ0n) is 27.1. The third-order valence-electron chi connectivity index (χ3n) is 9.91. The molecule has 7 heteroatoms. The third-order valence-corrected chi connectivity index (χ3v) is 9.91. The summed E-state index contributed by atoms with van der Waals surface area (Å²) < 4.78 is 10.8. The Kier molecular flexibility index (Phi) is 5.83. The van der Waals surface area contributed by atoms with E-state index >= 15 is 0 Å². The van der Waals surface area contributed by atoms with Gasteiger partial charge in [0.05, 0.1) is 27.8 Å². The number of para-hydroxylation sites is 5. The maximum Gasteiger partial charge on any atom is 0.238 e. The van der Waals surface area contributed by atoms with Crippen LogP contribution in [0, 0.1) is 0 Å². The Morgan fingerprint density at radius 2 is 0.961 bits per heavy atom. The number of fused-ring (bicyclic) bond motifs is 9. The standard InChI is InChI=1S/C44H26N6O/c1-7-19-35-27(12-1)28-13-2-8-20-36(28)50(35)44-47-42(46-43(48-44)32-17-11-23-40-41(32)31-16-5-10-22-39(31)51-40)30-15-4-9-21-37(30)49-34-18-6-3-14-29(34)33-26-45-25-24-38(33)49/h1-26H. The summed E-state index contributed by atoms with van der Waals surface area (Å²) in [5.41, 5.74) is 8.53. The molecule has 0 atom stereocenters. The quantitative estimate of drug-likeness (QED) is 0.189. The number of benzene rings is 6. The van der Waals surface area contributed by atoms with Crippen LogP contribution in [0.25, 0.3) is 100.0 Å². The summed E-state index contributed by atoms with van der Waals surface area (Å²) in [5.74, 6) is 1.67. The van der Waals surface area contributed by atoms with Crippen LogP contribution in [0.15, 0.2) is 162 Å². The highest BCUT2D eigenvalue weighted by atomic mass is 16.3. The molecule has 0 saturated carbocycles. The first kappa shape index (κ1) is 27.8. The van der Waals surface area contributed by atoms with Gasteiger partial charge < -0.3 is 8.98 Å². The van der Waals surface area contributed by atoms with Crippen molar-refractivity contribution < 1.29 is 4.42 Å². The first-order chi connectivity index (χ1) is 25.3. The Hall–Kier alpha value is -7.12. The predicted octanol–water partition coefficient (Wildman–Crippen LogP) is 10.7. The monoisotopic (exact) mass is 654 g/mol. The molecule has 11 aromatic rings. The number of hydrogen-bond donors (Lipinski definition) is 0. The fourth-order valence-corrected chi connectivity index (χ4v) is 7.74. The fourth-order valence-electron chi connectivity index (χ4n) is 7.74. The molecule has 0 unspecified atom stereocenters. The molecule has 0 bridgehead atoms. The van der Waals surface area contributed by atoms with Crippen LogP contribution >= 0.6 is 0 Å². The highest BCUT2D eigenvalue weighted by Crippen LogP contribution is 2.39. The van der Waals surface area contributed by atoms with Crippen molar-refractivity contribution >= 4 is 65.6 Å². The van der Waals surface area contributed by atoms with E-state index in [9.17, 15) is 0 Å². The van der Waals surface area contributed by atoms with E-state index in [4.69, 9.17) is 19.4 Å². The molecule has 7 nitrogen and oxygen atoms in total. The van der Waals surface area contributed by atoms with Gasteiger partial charge in [0.2, 0.25) is 5.95 Å². The van der Waals surface area contributed by atoms with E-state index in [-0.39, 0.29) is 0 Å². The Labute approximate surface area is 290 Å². The summed E-state index contributed by atoms with van der Waals surface area (Å²) in [6.45, 7) is 0. The van der Waals surface area contributed by atoms with Crippen molar-refractivity contribution in [1.29, 1.82) is 0 Å². The van der Waals surface area contributed by atoms with Gasteiger partial charge in [0.15, 0.2) is 11.6 Å². The average Bonchev–Trinajstić information content (AvgIpc) is 3.86. The first-order valence-corrected chi connectivity index (χ1v) is 16.9. The molecule has 0 fully saturated rings. The molecule has 5 heterocycles. The van der Waals surface area contributed by atoms with Gasteiger partial charge in [-0.3, -0.25) is 9.55 Å². The summed E-state index contributed by atoms with van der Waals surface area (Å²) in [5, 5.41) is 6.49. The van der Waals surface area contributed by atoms with E-state index in [1.807, 2.05) is 48.8 Å². The Balaban J connectivity index is 1.25. The minimum atomic E-state index is 0.540. The zero-order chi connectivity index (χ0) is 33.5. The van der Waals surface area contributed by atoms with Crippen LogP contribution in [0.3, 0.4) is 0 Å². The molecule has 5 aromatic heterocycles. The van der Waals surface area contributed by atoms with Gasteiger partial charge in [0.1, 0.15) is 11.2 Å². The van der Waals surface area contributed by atoms with Crippen LogP contribution in [-0.4, -0.2) is 29.1 Å². The molecular weight excluding hydrogens is 629 g/mol. The van der Waals surface area contributed by atoms with Crippen molar-refractivity contribution in [2.24, 2.45) is 0 Å². The smallest absolute Gasteiger partial charge is 0.238 e. The number of pyridine rings is 1. The van der Waals surface area contributed by atoms with Crippen molar-refractivity contribution in [2.45, 2.75) is 0 Å². The maximum absolute atomic E-state index is 6.31. The predicted molar refractivity (Wildman–Crippen MR) is 204 cm³/mol. The number of rotatable bonds is 4. The number of hydrogen-bond acceptors (Lipinski definition) is 5. The van der Waals surface area contributed by atoms with Gasteiger partial charge in [-0.05, 0) is 48.5 Å². The van der Waals surface area contributed by atoms with Gasteiger partial charge in [-0.25, -0.2) is 4.98 Å². The molecular formula is C44H26N6O. The van der Waals surface area contributed by atoms with E-state index in [1.165, 1.54) is 0 Å². The lowest BCUT2D eigenvalue weighted by Crippen LogP contribution is -2.08. The van der Waals surface area contributed by atoms with Crippen molar-refractivity contribution in [2.75, 3.05) is 0 Å². The molecule has 0 spiro atoms. The fraction of sp³-hybridized carbons (Fsp3) is 0. The third kappa shape index (κ3) is 4.06. The minimum Gasteiger partial charge on any atom is -0.456 e. The van der Waals surface area contributed by atoms with E-state index in [1.54, 1.807) is 0 Å². The minimum absolute atomic E-state index is 0.540. The molecule has 0 radical (unpaired) electrons. The van der Waals surface area contributed by atoms with E-state index in [0.29, 0.717) is 17.6 Å². The van der Waals surface area contributed by atoms with Gasteiger partial charge in [-0.2, -0.15) is 9.97 Å². The summed E-state index contributed by atoms with van der Waals surface area (Å²) >= 11 is 0. The second kappa shape index (κ2) is 10.7. The molecule has 0 aliphatic rings. The van der Waals surface area contributed by atoms with Gasteiger partial charge in [0, 0.05) is 55.8 Å². The lowest BCUT2D eigenvalue weighted by Gasteiger charge is -2.15. The molecule has 6 aromatic carbocycles. The highest BCUT2D eigenvalue weighted by Gasteiger charge is 2.22. The molecule has 0 amide bonds. The SMILES string of the molecule is c1ccc(-n2c3ccccc3c3cnccc32)c(-c2nc(-c3cccc4oc5ccccc5c34)nc(-n3c4ccccc4c4ccccc43)n2)c1. The Morgan fingerprint density at radius 1 is 0.412 bits per heavy atom. The number of aromatic nitrogens is 6. The van der Waals surface area contributed by atoms with Gasteiger partial charge in [-0.15, -0.1) is 0 Å².